The highest BCUT2D eigenvalue weighted by Crippen LogP contribution is 2.23. The molecule has 0 bridgehead atoms. The molecule has 2 rings (SSSR count). The van der Waals surface area contributed by atoms with Crippen LogP contribution in [-0.4, -0.2) is 34.0 Å². The fourth-order valence-electron chi connectivity index (χ4n) is 2.63. The van der Waals surface area contributed by atoms with E-state index in [1.165, 1.54) is 22.7 Å². The summed E-state index contributed by atoms with van der Waals surface area (Å²) >= 11 is 1.80. The number of carboxylic acid groups (broad SMARTS) is 1. The summed E-state index contributed by atoms with van der Waals surface area (Å²) in [7, 11) is 0. The van der Waals surface area contributed by atoms with E-state index in [-0.39, 0.29) is 0 Å². The lowest BCUT2D eigenvalue weighted by Gasteiger charge is -2.31. The summed E-state index contributed by atoms with van der Waals surface area (Å²) in [5, 5.41) is 9.94. The van der Waals surface area contributed by atoms with Crippen molar-refractivity contribution in [3.63, 3.8) is 0 Å². The molecule has 0 aliphatic carbocycles. The zero-order chi connectivity index (χ0) is 13.7. The molecule has 1 aliphatic rings. The number of carboxylic acids is 1. The Hall–Kier alpha value is -0.940. The normalized spacial score (nSPS) is 20.6. The topological polar surface area (TPSA) is 53.4 Å². The Bertz CT molecular complexity index is 419. The molecule has 1 aliphatic heterocycles. The Balaban J connectivity index is 1.81. The number of nitrogens with zero attached hydrogens (tertiary/aromatic N) is 2. The Kier molecular flexibility index (Phi) is 5.34. The molecule has 0 radical (unpaired) electrons. The van der Waals surface area contributed by atoms with Crippen molar-refractivity contribution in [3.05, 3.63) is 16.1 Å². The number of rotatable bonds is 6. The maximum absolute atomic E-state index is 10.6. The molecular formula is C14H22N2O2S. The zero-order valence-corrected chi connectivity index (χ0v) is 12.3. The first-order valence-electron chi connectivity index (χ1n) is 7.05. The third-order valence-corrected chi connectivity index (χ3v) is 4.80. The van der Waals surface area contributed by atoms with Crippen molar-refractivity contribution in [1.82, 2.24) is 9.88 Å². The Morgan fingerprint density at radius 1 is 1.63 bits per heavy atom. The molecule has 1 unspecified atom stereocenters. The first kappa shape index (κ1) is 14.5. The monoisotopic (exact) mass is 282 g/mol. The van der Waals surface area contributed by atoms with Crippen molar-refractivity contribution in [2.45, 2.75) is 45.6 Å². The first-order valence-corrected chi connectivity index (χ1v) is 7.86. The van der Waals surface area contributed by atoms with Gasteiger partial charge in [0.15, 0.2) is 0 Å². The smallest absolute Gasteiger partial charge is 0.303 e. The largest absolute Gasteiger partial charge is 0.481 e. The summed E-state index contributed by atoms with van der Waals surface area (Å²) in [6.45, 7) is 5.22. The number of hydrogen-bond donors (Lipinski definition) is 1. The molecule has 1 aromatic rings. The number of likely N-dealkylation sites (tertiary alicyclic amines) is 1. The molecular weight excluding hydrogens is 260 g/mol. The van der Waals surface area contributed by atoms with Crippen LogP contribution in [0.2, 0.25) is 0 Å². The third-order valence-electron chi connectivity index (χ3n) is 3.68. The minimum absolute atomic E-state index is 0.301. The second kappa shape index (κ2) is 7.01. The third kappa shape index (κ3) is 4.58. The maximum atomic E-state index is 10.6. The summed E-state index contributed by atoms with van der Waals surface area (Å²) in [5.74, 6) is -0.139. The average Bonchev–Trinajstić information content (AvgIpc) is 2.84. The van der Waals surface area contributed by atoms with E-state index >= 15 is 0 Å². The number of aryl methyl sites for hydroxylation is 1. The van der Waals surface area contributed by atoms with Gasteiger partial charge in [0.05, 0.1) is 6.54 Å². The Labute approximate surface area is 118 Å². The molecule has 1 atom stereocenters. The lowest BCUT2D eigenvalue weighted by Crippen LogP contribution is -2.35. The molecule has 0 spiro atoms. The quantitative estimate of drug-likeness (QED) is 0.871. The summed E-state index contributed by atoms with van der Waals surface area (Å²) in [6, 6.07) is 0. The molecule has 1 saturated heterocycles. The predicted molar refractivity (Wildman–Crippen MR) is 76.4 cm³/mol. The summed E-state index contributed by atoms with van der Waals surface area (Å²) < 4.78 is 0. The lowest BCUT2D eigenvalue weighted by molar-refractivity contribution is -0.137. The van der Waals surface area contributed by atoms with Crippen molar-refractivity contribution >= 4 is 17.3 Å². The number of aliphatic carboxylic acids is 1. The van der Waals surface area contributed by atoms with Gasteiger partial charge in [0.25, 0.3) is 0 Å². The van der Waals surface area contributed by atoms with Crippen molar-refractivity contribution in [2.24, 2.45) is 5.92 Å². The molecule has 19 heavy (non-hydrogen) atoms. The number of thiazole rings is 1. The van der Waals surface area contributed by atoms with Gasteiger partial charge < -0.3 is 5.11 Å². The van der Waals surface area contributed by atoms with Gasteiger partial charge in [0.1, 0.15) is 5.01 Å². The Morgan fingerprint density at radius 2 is 2.47 bits per heavy atom. The van der Waals surface area contributed by atoms with Crippen LogP contribution in [0.1, 0.15) is 42.5 Å². The van der Waals surface area contributed by atoms with Crippen LogP contribution >= 0.6 is 11.3 Å². The summed E-state index contributed by atoms with van der Waals surface area (Å²) in [4.78, 5) is 18.9. The van der Waals surface area contributed by atoms with Crippen LogP contribution in [0.25, 0.3) is 0 Å². The van der Waals surface area contributed by atoms with Gasteiger partial charge in [0.2, 0.25) is 0 Å². The number of piperidine rings is 1. The molecule has 5 heteroatoms. The van der Waals surface area contributed by atoms with Crippen LogP contribution in [0.5, 0.6) is 0 Å². The van der Waals surface area contributed by atoms with Crippen LogP contribution in [-0.2, 0) is 17.8 Å². The van der Waals surface area contributed by atoms with Crippen LogP contribution in [0.3, 0.4) is 0 Å². The maximum Gasteiger partial charge on any atom is 0.303 e. The average molecular weight is 282 g/mol. The highest BCUT2D eigenvalue weighted by molar-refractivity contribution is 7.11. The van der Waals surface area contributed by atoms with Gasteiger partial charge in [-0.2, -0.15) is 0 Å². The minimum atomic E-state index is -0.676. The van der Waals surface area contributed by atoms with Gasteiger partial charge in [-0.05, 0) is 38.1 Å². The van der Waals surface area contributed by atoms with Gasteiger partial charge in [0, 0.05) is 24.0 Å². The van der Waals surface area contributed by atoms with E-state index in [2.05, 4.69) is 16.8 Å². The van der Waals surface area contributed by atoms with E-state index in [1.807, 2.05) is 6.20 Å². The molecule has 2 heterocycles. The number of aromatic nitrogens is 1. The van der Waals surface area contributed by atoms with E-state index in [9.17, 15) is 4.79 Å². The second-order valence-corrected chi connectivity index (χ2v) is 6.45. The van der Waals surface area contributed by atoms with Crippen LogP contribution in [0, 0.1) is 5.92 Å². The molecule has 0 saturated carbocycles. The van der Waals surface area contributed by atoms with Crippen molar-refractivity contribution in [1.29, 1.82) is 0 Å². The molecule has 0 aromatic carbocycles. The molecule has 0 amide bonds. The fraction of sp³-hybridized carbons (Fsp3) is 0.714. The fourth-order valence-corrected chi connectivity index (χ4v) is 3.54. The van der Waals surface area contributed by atoms with Crippen molar-refractivity contribution < 1.29 is 9.90 Å². The van der Waals surface area contributed by atoms with Gasteiger partial charge in [-0.25, -0.2) is 4.98 Å². The van der Waals surface area contributed by atoms with Crippen molar-refractivity contribution in [3.8, 4) is 0 Å². The van der Waals surface area contributed by atoms with Crippen LogP contribution in [0.15, 0.2) is 6.20 Å². The summed E-state index contributed by atoms with van der Waals surface area (Å²) in [6.07, 6.45) is 6.49. The first-order chi connectivity index (χ1) is 9.17. The zero-order valence-electron chi connectivity index (χ0n) is 11.5. The molecule has 1 N–H and O–H groups in total. The van der Waals surface area contributed by atoms with Crippen molar-refractivity contribution in [2.75, 3.05) is 13.1 Å². The highest BCUT2D eigenvalue weighted by atomic mass is 32.1. The highest BCUT2D eigenvalue weighted by Gasteiger charge is 2.21. The molecule has 106 valence electrons. The lowest BCUT2D eigenvalue weighted by atomic mass is 9.93. The summed E-state index contributed by atoms with van der Waals surface area (Å²) in [5.41, 5.74) is 0. The number of carbonyl (C=O) groups is 1. The minimum Gasteiger partial charge on any atom is -0.481 e. The number of hydrogen-bond acceptors (Lipinski definition) is 4. The second-order valence-electron chi connectivity index (χ2n) is 5.25. The van der Waals surface area contributed by atoms with Gasteiger partial charge in [-0.15, -0.1) is 11.3 Å². The molecule has 1 fully saturated rings. The Morgan fingerprint density at radius 3 is 3.16 bits per heavy atom. The SMILES string of the molecule is CCc1cnc(CN2CCCC(CCC(=O)O)C2)s1. The van der Waals surface area contributed by atoms with E-state index in [1.54, 1.807) is 11.3 Å². The predicted octanol–water partition coefficient (Wildman–Crippen LogP) is 2.78. The van der Waals surface area contributed by atoms with E-state index in [0.717, 1.165) is 32.5 Å². The van der Waals surface area contributed by atoms with Gasteiger partial charge in [-0.3, -0.25) is 9.69 Å². The van der Waals surface area contributed by atoms with Gasteiger partial charge in [-0.1, -0.05) is 6.92 Å². The standard InChI is InChI=1S/C14H22N2O2S/c1-2-12-8-15-13(19-12)10-16-7-3-4-11(9-16)5-6-14(17)18/h8,11H,2-7,9-10H2,1H3,(H,17,18). The van der Waals surface area contributed by atoms with Crippen LogP contribution in [0.4, 0.5) is 0 Å². The molecule has 4 nitrogen and oxygen atoms in total. The molecule has 1 aromatic heterocycles. The van der Waals surface area contributed by atoms with Gasteiger partial charge >= 0.3 is 5.97 Å². The van der Waals surface area contributed by atoms with E-state index in [4.69, 9.17) is 5.11 Å². The van der Waals surface area contributed by atoms with Crippen LogP contribution < -0.4 is 0 Å². The van der Waals surface area contributed by atoms with E-state index in [0.29, 0.717) is 12.3 Å². The van der Waals surface area contributed by atoms with E-state index < -0.39 is 5.97 Å².